The lowest BCUT2D eigenvalue weighted by molar-refractivity contribution is 0.0487. The maximum Gasteiger partial charge on any atom is 0.0601 e. The van der Waals surface area contributed by atoms with Crippen molar-refractivity contribution in [3.8, 4) is 0 Å². The SMILES string of the molecule is CCC(C)N(CCOC)C(CO)C(C)N. The molecular formula is C11H26N2O2. The second kappa shape index (κ2) is 8.05. The molecule has 3 atom stereocenters. The van der Waals surface area contributed by atoms with Crippen molar-refractivity contribution in [3.05, 3.63) is 0 Å². The van der Waals surface area contributed by atoms with E-state index in [2.05, 4.69) is 18.7 Å². The molecule has 0 aliphatic carbocycles. The van der Waals surface area contributed by atoms with Crippen LogP contribution < -0.4 is 5.73 Å². The molecule has 4 nitrogen and oxygen atoms in total. The molecule has 3 N–H and O–H groups in total. The van der Waals surface area contributed by atoms with Gasteiger partial charge < -0.3 is 15.6 Å². The van der Waals surface area contributed by atoms with E-state index < -0.39 is 0 Å². The summed E-state index contributed by atoms with van der Waals surface area (Å²) in [5.74, 6) is 0. The summed E-state index contributed by atoms with van der Waals surface area (Å²) in [7, 11) is 1.69. The van der Waals surface area contributed by atoms with E-state index in [0.29, 0.717) is 12.6 Å². The van der Waals surface area contributed by atoms with E-state index in [9.17, 15) is 5.11 Å². The summed E-state index contributed by atoms with van der Waals surface area (Å²) in [4.78, 5) is 2.23. The van der Waals surface area contributed by atoms with Gasteiger partial charge in [-0.15, -0.1) is 0 Å². The van der Waals surface area contributed by atoms with Crippen molar-refractivity contribution in [2.24, 2.45) is 5.73 Å². The summed E-state index contributed by atoms with van der Waals surface area (Å²) < 4.78 is 5.08. The van der Waals surface area contributed by atoms with Crippen LogP contribution in [0.15, 0.2) is 0 Å². The maximum absolute atomic E-state index is 9.35. The van der Waals surface area contributed by atoms with E-state index in [1.807, 2.05) is 6.92 Å². The van der Waals surface area contributed by atoms with Crippen LogP contribution in [0, 0.1) is 0 Å². The highest BCUT2D eigenvalue weighted by atomic mass is 16.5. The van der Waals surface area contributed by atoms with Gasteiger partial charge in [0.15, 0.2) is 0 Å². The molecule has 0 radical (unpaired) electrons. The van der Waals surface area contributed by atoms with Crippen LogP contribution in [0.5, 0.6) is 0 Å². The van der Waals surface area contributed by atoms with Gasteiger partial charge in [-0.05, 0) is 20.3 Å². The molecule has 0 rings (SSSR count). The predicted octanol–water partition coefficient (Wildman–Crippen LogP) is 0.441. The molecular weight excluding hydrogens is 192 g/mol. The number of nitrogens with zero attached hydrogens (tertiary/aromatic N) is 1. The average Bonchev–Trinajstić information content (AvgIpc) is 2.22. The smallest absolute Gasteiger partial charge is 0.0601 e. The Hall–Kier alpha value is -0.160. The summed E-state index contributed by atoms with van der Waals surface area (Å²) in [6.45, 7) is 7.82. The Kier molecular flexibility index (Phi) is 7.96. The van der Waals surface area contributed by atoms with Crippen molar-refractivity contribution in [2.45, 2.75) is 45.3 Å². The molecule has 0 aromatic carbocycles. The summed E-state index contributed by atoms with van der Waals surface area (Å²) in [6, 6.07) is 0.416. The first-order valence-electron chi connectivity index (χ1n) is 5.69. The van der Waals surface area contributed by atoms with Gasteiger partial charge in [-0.2, -0.15) is 0 Å². The fourth-order valence-corrected chi connectivity index (χ4v) is 1.72. The quantitative estimate of drug-likeness (QED) is 0.621. The topological polar surface area (TPSA) is 58.7 Å². The zero-order chi connectivity index (χ0) is 11.8. The lowest BCUT2D eigenvalue weighted by atomic mass is 10.1. The molecule has 0 spiro atoms. The van der Waals surface area contributed by atoms with E-state index in [1.54, 1.807) is 7.11 Å². The number of aliphatic hydroxyl groups is 1. The van der Waals surface area contributed by atoms with Crippen LogP contribution in [0.25, 0.3) is 0 Å². The van der Waals surface area contributed by atoms with Gasteiger partial charge in [-0.25, -0.2) is 0 Å². The molecule has 0 amide bonds. The molecule has 0 aromatic rings. The Labute approximate surface area is 93.4 Å². The molecule has 0 fully saturated rings. The first kappa shape index (κ1) is 14.8. The second-order valence-corrected chi connectivity index (χ2v) is 4.10. The van der Waals surface area contributed by atoms with Crippen molar-refractivity contribution in [3.63, 3.8) is 0 Å². The van der Waals surface area contributed by atoms with Gasteiger partial charge in [-0.1, -0.05) is 6.92 Å². The first-order valence-corrected chi connectivity index (χ1v) is 5.69. The Morgan fingerprint density at radius 2 is 2.00 bits per heavy atom. The third-order valence-corrected chi connectivity index (χ3v) is 2.93. The van der Waals surface area contributed by atoms with Crippen LogP contribution in [0.4, 0.5) is 0 Å². The van der Waals surface area contributed by atoms with Crippen LogP contribution in [-0.4, -0.2) is 55.0 Å². The minimum atomic E-state index is -0.0270. The number of hydrogen-bond acceptors (Lipinski definition) is 4. The van der Waals surface area contributed by atoms with E-state index in [1.165, 1.54) is 0 Å². The third-order valence-electron chi connectivity index (χ3n) is 2.93. The zero-order valence-electron chi connectivity index (χ0n) is 10.4. The summed E-state index contributed by atoms with van der Waals surface area (Å²) in [6.07, 6.45) is 1.05. The highest BCUT2D eigenvalue weighted by Crippen LogP contribution is 2.10. The second-order valence-electron chi connectivity index (χ2n) is 4.10. The monoisotopic (exact) mass is 218 g/mol. The molecule has 0 saturated carbocycles. The largest absolute Gasteiger partial charge is 0.395 e. The summed E-state index contributed by atoms with van der Waals surface area (Å²) in [5.41, 5.74) is 5.87. The Balaban J connectivity index is 4.42. The standard InChI is InChI=1S/C11H26N2O2/c1-5-9(2)13(6-7-15-4)11(8-14)10(3)12/h9-11,14H,5-8,12H2,1-4H3. The van der Waals surface area contributed by atoms with Crippen LogP contribution >= 0.6 is 0 Å². The van der Waals surface area contributed by atoms with Gasteiger partial charge in [0.2, 0.25) is 0 Å². The fraction of sp³-hybridized carbons (Fsp3) is 1.00. The summed E-state index contributed by atoms with van der Waals surface area (Å²) in [5, 5.41) is 9.35. The number of aliphatic hydroxyl groups excluding tert-OH is 1. The van der Waals surface area contributed by atoms with Crippen molar-refractivity contribution in [1.29, 1.82) is 0 Å². The van der Waals surface area contributed by atoms with Crippen molar-refractivity contribution in [1.82, 2.24) is 4.90 Å². The van der Waals surface area contributed by atoms with Crippen molar-refractivity contribution in [2.75, 3.05) is 26.9 Å². The van der Waals surface area contributed by atoms with Crippen molar-refractivity contribution >= 4 is 0 Å². The molecule has 92 valence electrons. The Morgan fingerprint density at radius 3 is 2.33 bits per heavy atom. The molecule has 0 aliphatic heterocycles. The number of methoxy groups -OCH3 is 1. The molecule has 15 heavy (non-hydrogen) atoms. The van der Waals surface area contributed by atoms with Crippen LogP contribution in [0.3, 0.4) is 0 Å². The predicted molar refractivity (Wildman–Crippen MR) is 62.9 cm³/mol. The van der Waals surface area contributed by atoms with Gasteiger partial charge >= 0.3 is 0 Å². The van der Waals surface area contributed by atoms with Gasteiger partial charge in [0.05, 0.1) is 13.2 Å². The Morgan fingerprint density at radius 1 is 1.40 bits per heavy atom. The fourth-order valence-electron chi connectivity index (χ4n) is 1.72. The maximum atomic E-state index is 9.35. The first-order chi connectivity index (χ1) is 7.08. The van der Waals surface area contributed by atoms with E-state index in [-0.39, 0.29) is 18.7 Å². The summed E-state index contributed by atoms with van der Waals surface area (Å²) >= 11 is 0. The molecule has 0 saturated heterocycles. The average molecular weight is 218 g/mol. The lowest BCUT2D eigenvalue weighted by Gasteiger charge is -2.37. The Bertz CT molecular complexity index is 154. The van der Waals surface area contributed by atoms with Crippen LogP contribution in [0.2, 0.25) is 0 Å². The van der Waals surface area contributed by atoms with E-state index >= 15 is 0 Å². The highest BCUT2D eigenvalue weighted by molar-refractivity contribution is 4.81. The minimum Gasteiger partial charge on any atom is -0.395 e. The molecule has 3 unspecified atom stereocenters. The van der Waals surface area contributed by atoms with Crippen LogP contribution in [-0.2, 0) is 4.74 Å². The lowest BCUT2D eigenvalue weighted by Crippen LogP contribution is -2.53. The van der Waals surface area contributed by atoms with Crippen LogP contribution in [0.1, 0.15) is 27.2 Å². The number of ether oxygens (including phenoxy) is 1. The van der Waals surface area contributed by atoms with E-state index in [4.69, 9.17) is 10.5 Å². The minimum absolute atomic E-state index is 0.0232. The molecule has 0 aromatic heterocycles. The molecule has 0 bridgehead atoms. The van der Waals surface area contributed by atoms with Gasteiger partial charge in [0, 0.05) is 31.8 Å². The van der Waals surface area contributed by atoms with Gasteiger partial charge in [0.25, 0.3) is 0 Å². The van der Waals surface area contributed by atoms with Crippen molar-refractivity contribution < 1.29 is 9.84 Å². The molecule has 0 heterocycles. The van der Waals surface area contributed by atoms with E-state index in [0.717, 1.165) is 13.0 Å². The number of nitrogens with two attached hydrogens (primary N) is 1. The van der Waals surface area contributed by atoms with Gasteiger partial charge in [0.1, 0.15) is 0 Å². The normalized spacial score (nSPS) is 17.8. The number of hydrogen-bond donors (Lipinski definition) is 2. The number of rotatable bonds is 8. The third kappa shape index (κ3) is 4.93. The molecule has 0 aliphatic rings. The zero-order valence-corrected chi connectivity index (χ0v) is 10.4. The van der Waals surface area contributed by atoms with Gasteiger partial charge in [-0.3, -0.25) is 4.90 Å². The molecule has 4 heteroatoms. The highest BCUT2D eigenvalue weighted by Gasteiger charge is 2.24.